The van der Waals surface area contributed by atoms with Crippen LogP contribution in [-0.2, 0) is 0 Å². The van der Waals surface area contributed by atoms with E-state index in [0.29, 0.717) is 5.82 Å². The molecule has 2 aromatic carbocycles. The third-order valence-electron chi connectivity index (χ3n) is 2.81. The highest BCUT2D eigenvalue weighted by atomic mass is 16.5. The summed E-state index contributed by atoms with van der Waals surface area (Å²) in [6, 6.07) is 17.4. The number of nitrogen functional groups attached to an aromatic ring is 1. The molecule has 3 aromatic rings. The van der Waals surface area contributed by atoms with E-state index in [1.807, 2.05) is 54.6 Å². The Balaban J connectivity index is 1.82. The Bertz CT molecular complexity index is 659. The fraction of sp³-hybridized carbons (Fsp3) is 0. The predicted molar refractivity (Wildman–Crippen MR) is 75.0 cm³/mol. The Morgan fingerprint density at radius 3 is 2.21 bits per heavy atom. The lowest BCUT2D eigenvalue weighted by molar-refractivity contribution is 0.483. The van der Waals surface area contributed by atoms with E-state index in [4.69, 9.17) is 10.5 Å². The molecule has 1 heterocycles. The van der Waals surface area contributed by atoms with Gasteiger partial charge >= 0.3 is 0 Å². The van der Waals surface area contributed by atoms with Gasteiger partial charge in [0.1, 0.15) is 17.3 Å². The minimum Gasteiger partial charge on any atom is -0.457 e. The average molecular weight is 251 g/mol. The number of rotatable bonds is 3. The van der Waals surface area contributed by atoms with E-state index in [1.165, 1.54) is 0 Å². The van der Waals surface area contributed by atoms with Crippen LogP contribution in [0.1, 0.15) is 0 Å². The highest BCUT2D eigenvalue weighted by molar-refractivity contribution is 5.73. The number of H-pyrrole nitrogens is 1. The molecule has 0 bridgehead atoms. The van der Waals surface area contributed by atoms with Crippen molar-refractivity contribution < 1.29 is 4.74 Å². The maximum absolute atomic E-state index is 5.78. The van der Waals surface area contributed by atoms with Crippen LogP contribution in [0.2, 0.25) is 0 Å². The van der Waals surface area contributed by atoms with Gasteiger partial charge in [0.25, 0.3) is 0 Å². The molecule has 0 aliphatic heterocycles. The number of nitrogens with one attached hydrogen (secondary N) is 1. The Labute approximate surface area is 110 Å². The fourth-order valence-electron chi connectivity index (χ4n) is 1.85. The molecule has 94 valence electrons. The van der Waals surface area contributed by atoms with Crippen molar-refractivity contribution in [1.82, 2.24) is 10.2 Å². The number of benzene rings is 2. The lowest BCUT2D eigenvalue weighted by atomic mass is 10.1. The molecule has 19 heavy (non-hydrogen) atoms. The second-order valence-electron chi connectivity index (χ2n) is 4.14. The van der Waals surface area contributed by atoms with Gasteiger partial charge in [0, 0.05) is 5.56 Å². The van der Waals surface area contributed by atoms with Crippen LogP contribution < -0.4 is 10.5 Å². The third kappa shape index (κ3) is 2.42. The molecule has 1 aromatic heterocycles. The molecule has 0 aliphatic rings. The van der Waals surface area contributed by atoms with E-state index in [2.05, 4.69) is 10.2 Å². The largest absolute Gasteiger partial charge is 0.457 e. The quantitative estimate of drug-likeness (QED) is 0.749. The second-order valence-corrected chi connectivity index (χ2v) is 4.14. The van der Waals surface area contributed by atoms with Crippen molar-refractivity contribution in [3.8, 4) is 22.6 Å². The van der Waals surface area contributed by atoms with Gasteiger partial charge < -0.3 is 10.5 Å². The number of hydrogen-bond donors (Lipinski definition) is 2. The highest BCUT2D eigenvalue weighted by Crippen LogP contribution is 2.27. The van der Waals surface area contributed by atoms with Crippen LogP contribution >= 0.6 is 0 Å². The zero-order valence-corrected chi connectivity index (χ0v) is 10.2. The standard InChI is InChI=1S/C15H13N3O/c16-15-14(10-17-18-15)11-6-8-13(9-7-11)19-12-4-2-1-3-5-12/h1-10H,(H3,16,17,18). The van der Waals surface area contributed by atoms with E-state index >= 15 is 0 Å². The normalized spacial score (nSPS) is 10.3. The number of hydrogen-bond acceptors (Lipinski definition) is 3. The molecule has 0 saturated carbocycles. The van der Waals surface area contributed by atoms with Gasteiger partial charge in [0.2, 0.25) is 0 Å². The number of ether oxygens (including phenoxy) is 1. The van der Waals surface area contributed by atoms with Crippen molar-refractivity contribution >= 4 is 5.82 Å². The molecule has 4 heteroatoms. The van der Waals surface area contributed by atoms with Crippen molar-refractivity contribution in [2.45, 2.75) is 0 Å². The first-order chi connectivity index (χ1) is 9.33. The van der Waals surface area contributed by atoms with Crippen LogP contribution in [0.5, 0.6) is 11.5 Å². The fourth-order valence-corrected chi connectivity index (χ4v) is 1.85. The van der Waals surface area contributed by atoms with Crippen molar-refractivity contribution in [1.29, 1.82) is 0 Å². The van der Waals surface area contributed by atoms with E-state index in [-0.39, 0.29) is 0 Å². The smallest absolute Gasteiger partial charge is 0.127 e. The third-order valence-corrected chi connectivity index (χ3v) is 2.81. The lowest BCUT2D eigenvalue weighted by Gasteiger charge is -2.06. The zero-order chi connectivity index (χ0) is 13.1. The number of aromatic amines is 1. The van der Waals surface area contributed by atoms with Crippen LogP contribution in [0.3, 0.4) is 0 Å². The molecule has 0 radical (unpaired) electrons. The first kappa shape index (κ1) is 11.3. The van der Waals surface area contributed by atoms with E-state index in [1.54, 1.807) is 6.20 Å². The average Bonchev–Trinajstić information content (AvgIpc) is 2.87. The van der Waals surface area contributed by atoms with Crippen LogP contribution in [-0.4, -0.2) is 10.2 Å². The lowest BCUT2D eigenvalue weighted by Crippen LogP contribution is -1.88. The Morgan fingerprint density at radius 1 is 0.895 bits per heavy atom. The van der Waals surface area contributed by atoms with E-state index < -0.39 is 0 Å². The molecule has 0 amide bonds. The van der Waals surface area contributed by atoms with Gasteiger partial charge in [-0.2, -0.15) is 5.10 Å². The summed E-state index contributed by atoms with van der Waals surface area (Å²) >= 11 is 0. The van der Waals surface area contributed by atoms with E-state index in [9.17, 15) is 0 Å². The number of para-hydroxylation sites is 1. The molecule has 0 spiro atoms. The topological polar surface area (TPSA) is 63.9 Å². The molecule has 0 unspecified atom stereocenters. The first-order valence-electron chi connectivity index (χ1n) is 5.95. The number of nitrogens with zero attached hydrogens (tertiary/aromatic N) is 1. The molecule has 0 saturated heterocycles. The van der Waals surface area contributed by atoms with Crippen LogP contribution in [0.15, 0.2) is 60.8 Å². The molecule has 3 N–H and O–H groups in total. The van der Waals surface area contributed by atoms with Crippen LogP contribution in [0.4, 0.5) is 5.82 Å². The SMILES string of the molecule is Nc1[nH]ncc1-c1ccc(Oc2ccccc2)cc1. The molecular weight excluding hydrogens is 238 g/mol. The summed E-state index contributed by atoms with van der Waals surface area (Å²) in [7, 11) is 0. The van der Waals surface area contributed by atoms with Crippen LogP contribution in [0, 0.1) is 0 Å². The van der Waals surface area contributed by atoms with Gasteiger partial charge in [-0.1, -0.05) is 30.3 Å². The molecule has 0 atom stereocenters. The maximum atomic E-state index is 5.78. The van der Waals surface area contributed by atoms with E-state index in [0.717, 1.165) is 22.6 Å². The summed E-state index contributed by atoms with van der Waals surface area (Å²) in [5.74, 6) is 2.17. The van der Waals surface area contributed by atoms with Gasteiger partial charge in [-0.3, -0.25) is 5.10 Å². The summed E-state index contributed by atoms with van der Waals surface area (Å²) in [6.45, 7) is 0. The summed E-state index contributed by atoms with van der Waals surface area (Å²) < 4.78 is 5.73. The predicted octanol–water partition coefficient (Wildman–Crippen LogP) is 3.45. The van der Waals surface area contributed by atoms with Crippen LogP contribution in [0.25, 0.3) is 11.1 Å². The number of nitrogens with two attached hydrogens (primary N) is 1. The van der Waals surface area contributed by atoms with Gasteiger partial charge in [-0.15, -0.1) is 0 Å². The summed E-state index contributed by atoms with van der Waals surface area (Å²) in [6.07, 6.45) is 1.71. The minimum absolute atomic E-state index is 0.566. The van der Waals surface area contributed by atoms with Gasteiger partial charge in [0.15, 0.2) is 0 Å². The number of anilines is 1. The summed E-state index contributed by atoms with van der Waals surface area (Å²) in [4.78, 5) is 0. The number of aromatic nitrogens is 2. The maximum Gasteiger partial charge on any atom is 0.127 e. The van der Waals surface area contributed by atoms with Gasteiger partial charge in [-0.25, -0.2) is 0 Å². The Morgan fingerprint density at radius 2 is 1.58 bits per heavy atom. The molecule has 3 rings (SSSR count). The van der Waals surface area contributed by atoms with Gasteiger partial charge in [0.05, 0.1) is 6.20 Å². The Hall–Kier alpha value is -2.75. The van der Waals surface area contributed by atoms with Crippen molar-refractivity contribution in [2.75, 3.05) is 5.73 Å². The van der Waals surface area contributed by atoms with Crippen molar-refractivity contribution in [3.05, 3.63) is 60.8 Å². The molecule has 4 nitrogen and oxygen atoms in total. The Kier molecular flexibility index (Phi) is 2.90. The molecular formula is C15H13N3O. The second kappa shape index (κ2) is 4.86. The van der Waals surface area contributed by atoms with Crippen molar-refractivity contribution in [2.24, 2.45) is 0 Å². The summed E-state index contributed by atoms with van der Waals surface area (Å²) in [5.41, 5.74) is 7.69. The first-order valence-corrected chi connectivity index (χ1v) is 5.95. The zero-order valence-electron chi connectivity index (χ0n) is 10.2. The minimum atomic E-state index is 0.566. The molecule has 0 fully saturated rings. The summed E-state index contributed by atoms with van der Waals surface area (Å²) in [5, 5.41) is 6.63. The molecule has 0 aliphatic carbocycles. The highest BCUT2D eigenvalue weighted by Gasteiger charge is 2.04. The monoisotopic (exact) mass is 251 g/mol. The van der Waals surface area contributed by atoms with Gasteiger partial charge in [-0.05, 0) is 29.8 Å². The van der Waals surface area contributed by atoms with Crippen molar-refractivity contribution in [3.63, 3.8) is 0 Å².